The van der Waals surface area contributed by atoms with Gasteiger partial charge < -0.3 is 4.74 Å². The van der Waals surface area contributed by atoms with E-state index in [1.807, 2.05) is 0 Å². The zero-order valence-electron chi connectivity index (χ0n) is 12.9. The van der Waals surface area contributed by atoms with Crippen molar-refractivity contribution in [2.45, 2.75) is 23.3 Å². The first-order valence-electron chi connectivity index (χ1n) is 7.46. The molecule has 1 atom stereocenters. The van der Waals surface area contributed by atoms with Crippen LogP contribution >= 0.6 is 22.9 Å². The van der Waals surface area contributed by atoms with Crippen LogP contribution in [-0.2, 0) is 14.8 Å². The summed E-state index contributed by atoms with van der Waals surface area (Å²) in [6.07, 6.45) is 1.62. The minimum absolute atomic E-state index is 0.0949. The van der Waals surface area contributed by atoms with Gasteiger partial charge in [0.05, 0.1) is 6.10 Å². The van der Waals surface area contributed by atoms with E-state index in [1.54, 1.807) is 24.3 Å². The molecule has 3 rings (SSSR count). The van der Waals surface area contributed by atoms with Gasteiger partial charge in [-0.2, -0.15) is 0 Å². The van der Waals surface area contributed by atoms with Gasteiger partial charge in [0.2, 0.25) is 9.47 Å². The number of halogens is 1. The van der Waals surface area contributed by atoms with Crippen molar-refractivity contribution >= 4 is 44.0 Å². The van der Waals surface area contributed by atoms with Crippen molar-refractivity contribution in [1.29, 1.82) is 0 Å². The Morgan fingerprint density at radius 1 is 1.32 bits per heavy atom. The van der Waals surface area contributed by atoms with Gasteiger partial charge in [-0.05, 0) is 37.1 Å². The first-order valence-corrected chi connectivity index (χ1v) is 10.1. The molecule has 1 aromatic heterocycles. The lowest BCUT2D eigenvalue weighted by atomic mass is 10.2. The molecule has 0 aliphatic carbocycles. The summed E-state index contributed by atoms with van der Waals surface area (Å²) in [7, 11) is -3.79. The van der Waals surface area contributed by atoms with Gasteiger partial charge in [-0.3, -0.25) is 10.1 Å². The summed E-state index contributed by atoms with van der Waals surface area (Å²) in [6.45, 7) is 0.834. The molecule has 11 heteroatoms. The number of carbonyl (C=O) groups excluding carboxylic acids is 1. The zero-order chi connectivity index (χ0) is 17.9. The fraction of sp³-hybridized carbons (Fsp3) is 0.357. The summed E-state index contributed by atoms with van der Waals surface area (Å²) >= 11 is 6.55. The number of amides is 1. The maximum atomic E-state index is 12.2. The predicted octanol–water partition coefficient (Wildman–Crippen LogP) is 1.90. The van der Waals surface area contributed by atoms with Gasteiger partial charge in [0.15, 0.2) is 0 Å². The summed E-state index contributed by atoms with van der Waals surface area (Å²) in [5.74, 6) is -0.427. The summed E-state index contributed by atoms with van der Waals surface area (Å²) in [5.41, 5.74) is 0.375. The van der Waals surface area contributed by atoms with Crippen molar-refractivity contribution in [2.24, 2.45) is 0 Å². The van der Waals surface area contributed by atoms with E-state index < -0.39 is 15.9 Å². The Bertz CT molecular complexity index is 848. The molecule has 134 valence electrons. The van der Waals surface area contributed by atoms with Crippen LogP contribution in [0.15, 0.2) is 28.6 Å². The molecule has 0 unspecified atom stereocenters. The molecule has 25 heavy (non-hydrogen) atoms. The fourth-order valence-electron chi connectivity index (χ4n) is 2.21. The summed E-state index contributed by atoms with van der Waals surface area (Å²) in [6, 6.07) is 6.28. The van der Waals surface area contributed by atoms with Gasteiger partial charge >= 0.3 is 0 Å². The number of carbonyl (C=O) groups is 1. The summed E-state index contributed by atoms with van der Waals surface area (Å²) in [5, 5.41) is 10.5. The van der Waals surface area contributed by atoms with Gasteiger partial charge in [-0.1, -0.05) is 22.9 Å². The minimum atomic E-state index is -3.79. The lowest BCUT2D eigenvalue weighted by molar-refractivity contribution is 0.102. The van der Waals surface area contributed by atoms with E-state index in [2.05, 4.69) is 20.2 Å². The minimum Gasteiger partial charge on any atom is -0.377 e. The number of benzene rings is 1. The number of ether oxygens (including phenoxy) is 1. The quantitative estimate of drug-likeness (QED) is 0.714. The van der Waals surface area contributed by atoms with Gasteiger partial charge in [0.1, 0.15) is 0 Å². The highest BCUT2D eigenvalue weighted by Crippen LogP contribution is 2.21. The largest absolute Gasteiger partial charge is 0.377 e. The Morgan fingerprint density at radius 2 is 2.08 bits per heavy atom. The van der Waals surface area contributed by atoms with E-state index in [9.17, 15) is 13.2 Å². The molecule has 2 aromatic rings. The van der Waals surface area contributed by atoms with Gasteiger partial charge in [0, 0.05) is 23.7 Å². The van der Waals surface area contributed by atoms with Crippen LogP contribution in [0.2, 0.25) is 5.02 Å². The second-order valence-corrected chi connectivity index (χ2v) is 8.68. The number of aromatic nitrogens is 2. The van der Waals surface area contributed by atoms with Crippen molar-refractivity contribution in [3.05, 3.63) is 34.9 Å². The second-order valence-electron chi connectivity index (χ2n) is 5.32. The molecule has 1 fully saturated rings. The van der Waals surface area contributed by atoms with Crippen molar-refractivity contribution in [3.8, 4) is 0 Å². The maximum Gasteiger partial charge on any atom is 0.269 e. The monoisotopic (exact) mass is 402 g/mol. The second kappa shape index (κ2) is 7.75. The predicted molar refractivity (Wildman–Crippen MR) is 93.5 cm³/mol. The molecule has 0 bridgehead atoms. The first kappa shape index (κ1) is 18.2. The molecule has 1 aliphatic rings. The number of hydrogen-bond donors (Lipinski definition) is 2. The third-order valence-corrected chi connectivity index (χ3v) is 6.37. The number of nitrogens with one attached hydrogen (secondary N) is 2. The molecule has 1 aliphatic heterocycles. The van der Waals surface area contributed by atoms with Crippen molar-refractivity contribution in [3.63, 3.8) is 0 Å². The zero-order valence-corrected chi connectivity index (χ0v) is 15.3. The number of hydrogen-bond acceptors (Lipinski definition) is 7. The molecule has 1 saturated heterocycles. The molecule has 0 saturated carbocycles. The van der Waals surface area contributed by atoms with Crippen molar-refractivity contribution < 1.29 is 17.9 Å². The SMILES string of the molecule is O=C(Nc1nnc(S(=O)(=O)NC[C@H]2CCCO2)s1)c1ccc(Cl)cc1. The van der Waals surface area contributed by atoms with Gasteiger partial charge in [-0.25, -0.2) is 13.1 Å². The molecule has 8 nitrogen and oxygen atoms in total. The first-order chi connectivity index (χ1) is 11.9. The average molecular weight is 403 g/mol. The van der Waals surface area contributed by atoms with Crippen molar-refractivity contribution in [2.75, 3.05) is 18.5 Å². The number of nitrogens with zero attached hydrogens (tertiary/aromatic N) is 2. The molecule has 1 amide bonds. The van der Waals surface area contributed by atoms with E-state index in [4.69, 9.17) is 16.3 Å². The Balaban J connectivity index is 1.62. The Morgan fingerprint density at radius 3 is 2.76 bits per heavy atom. The Kier molecular flexibility index (Phi) is 5.64. The maximum absolute atomic E-state index is 12.2. The van der Waals surface area contributed by atoms with Crippen LogP contribution in [0, 0.1) is 0 Å². The molecule has 0 radical (unpaired) electrons. The molecule has 2 heterocycles. The van der Waals surface area contributed by atoms with E-state index in [0.29, 0.717) is 17.2 Å². The van der Waals surface area contributed by atoms with E-state index in [0.717, 1.165) is 24.2 Å². The van der Waals surface area contributed by atoms with Gasteiger partial charge in [0.25, 0.3) is 15.9 Å². The van der Waals surface area contributed by atoms with Crippen LogP contribution in [0.1, 0.15) is 23.2 Å². The third kappa shape index (κ3) is 4.73. The molecule has 0 spiro atoms. The molecule has 2 N–H and O–H groups in total. The van der Waals surface area contributed by atoms with Crippen LogP contribution in [0.25, 0.3) is 0 Å². The number of sulfonamides is 1. The fourth-order valence-corrected chi connectivity index (χ4v) is 4.34. The normalized spacial score (nSPS) is 17.6. The Labute approximate surface area is 153 Å². The van der Waals surface area contributed by atoms with E-state index >= 15 is 0 Å². The summed E-state index contributed by atoms with van der Waals surface area (Å²) in [4.78, 5) is 12.1. The lowest BCUT2D eigenvalue weighted by Crippen LogP contribution is -2.31. The number of anilines is 1. The van der Waals surface area contributed by atoms with Crippen LogP contribution in [0.5, 0.6) is 0 Å². The smallest absolute Gasteiger partial charge is 0.269 e. The lowest BCUT2D eigenvalue weighted by Gasteiger charge is -2.09. The van der Waals surface area contributed by atoms with E-state index in [1.165, 1.54) is 0 Å². The molecule has 1 aromatic carbocycles. The standard InChI is InChI=1S/C14H15ClN4O4S2/c15-10-5-3-9(4-6-10)12(20)17-13-18-19-14(24-13)25(21,22)16-8-11-2-1-7-23-11/h3-6,11,16H,1-2,7-8H2,(H,17,18,20)/t11-/m1/s1. The van der Waals surface area contributed by atoms with E-state index in [-0.39, 0.29) is 22.1 Å². The van der Waals surface area contributed by atoms with Crippen LogP contribution in [0.4, 0.5) is 5.13 Å². The van der Waals surface area contributed by atoms with Crippen LogP contribution in [0.3, 0.4) is 0 Å². The Hall–Kier alpha value is -1.59. The number of rotatable bonds is 6. The average Bonchev–Trinajstić information content (AvgIpc) is 3.25. The topological polar surface area (TPSA) is 110 Å². The third-order valence-electron chi connectivity index (χ3n) is 3.49. The van der Waals surface area contributed by atoms with Crippen LogP contribution < -0.4 is 10.0 Å². The van der Waals surface area contributed by atoms with Crippen molar-refractivity contribution in [1.82, 2.24) is 14.9 Å². The summed E-state index contributed by atoms with van der Waals surface area (Å²) < 4.78 is 32.0. The van der Waals surface area contributed by atoms with Crippen LogP contribution in [-0.4, -0.2) is 43.8 Å². The highest BCUT2D eigenvalue weighted by atomic mass is 35.5. The highest BCUT2D eigenvalue weighted by Gasteiger charge is 2.24. The van der Waals surface area contributed by atoms with Gasteiger partial charge in [-0.15, -0.1) is 10.2 Å². The highest BCUT2D eigenvalue weighted by molar-refractivity contribution is 7.91. The molecular weight excluding hydrogens is 388 g/mol. The molecular formula is C14H15ClN4O4S2.